The molecule has 2 amide bonds. The van der Waals surface area contributed by atoms with E-state index in [4.69, 9.17) is 9.47 Å². The van der Waals surface area contributed by atoms with Crippen LogP contribution in [0.2, 0.25) is 0 Å². The third kappa shape index (κ3) is 7.47. The number of rotatable bonds is 13. The van der Waals surface area contributed by atoms with Crippen molar-refractivity contribution in [2.45, 2.75) is 70.9 Å². The van der Waals surface area contributed by atoms with Crippen molar-refractivity contribution in [3.8, 4) is 5.75 Å². The predicted octanol–water partition coefficient (Wildman–Crippen LogP) is 4.48. The van der Waals surface area contributed by atoms with Crippen molar-refractivity contribution in [2.24, 2.45) is 0 Å². The van der Waals surface area contributed by atoms with Gasteiger partial charge in [-0.25, -0.2) is 0 Å². The predicted molar refractivity (Wildman–Crippen MR) is 151 cm³/mol. The number of aromatic nitrogens is 1. The number of benzene rings is 2. The zero-order valence-corrected chi connectivity index (χ0v) is 23.1. The lowest BCUT2D eigenvalue weighted by atomic mass is 9.97. The summed E-state index contributed by atoms with van der Waals surface area (Å²) in [5, 5.41) is 6.93. The van der Waals surface area contributed by atoms with Crippen LogP contribution >= 0.6 is 0 Å². The average molecular weight is 534 g/mol. The monoisotopic (exact) mass is 533 g/mol. The van der Waals surface area contributed by atoms with Crippen LogP contribution in [0.1, 0.15) is 67.5 Å². The van der Waals surface area contributed by atoms with E-state index in [1.54, 1.807) is 14.0 Å². The highest BCUT2D eigenvalue weighted by atomic mass is 16.5. The number of aromatic amines is 1. The smallest absolute Gasteiger partial charge is 0.242 e. The summed E-state index contributed by atoms with van der Waals surface area (Å²) < 4.78 is 11.3. The Balaban J connectivity index is 1.42. The second-order valence-electron chi connectivity index (χ2n) is 10.3. The lowest BCUT2D eigenvalue weighted by molar-refractivity contribution is -0.129. The number of fused-ring (bicyclic) bond motifs is 2. The van der Waals surface area contributed by atoms with Gasteiger partial charge >= 0.3 is 0 Å². The highest BCUT2D eigenvalue weighted by Crippen LogP contribution is 2.28. The van der Waals surface area contributed by atoms with Crippen LogP contribution in [0.25, 0.3) is 10.9 Å². The number of aryl methyl sites for hydroxylation is 1. The summed E-state index contributed by atoms with van der Waals surface area (Å²) in [4.78, 5) is 41.1. The molecule has 0 radical (unpaired) electrons. The van der Waals surface area contributed by atoms with Crippen molar-refractivity contribution in [3.63, 3.8) is 0 Å². The van der Waals surface area contributed by atoms with Gasteiger partial charge in [-0.05, 0) is 68.0 Å². The van der Waals surface area contributed by atoms with Crippen molar-refractivity contribution in [1.82, 2.24) is 15.6 Å². The van der Waals surface area contributed by atoms with Crippen molar-refractivity contribution >= 4 is 28.5 Å². The van der Waals surface area contributed by atoms with E-state index in [-0.39, 0.29) is 30.1 Å². The van der Waals surface area contributed by atoms with E-state index < -0.39 is 6.04 Å². The Hall–Kier alpha value is -3.65. The zero-order valence-electron chi connectivity index (χ0n) is 23.1. The number of carbonyl (C=O) groups is 3. The van der Waals surface area contributed by atoms with Crippen LogP contribution in [0.3, 0.4) is 0 Å². The van der Waals surface area contributed by atoms with Gasteiger partial charge in [0.2, 0.25) is 11.8 Å². The molecule has 2 atom stereocenters. The first kappa shape index (κ1) is 28.4. The topological polar surface area (TPSA) is 110 Å². The molecule has 1 unspecified atom stereocenters. The summed E-state index contributed by atoms with van der Waals surface area (Å²) in [6.45, 7) is 4.48. The molecule has 208 valence electrons. The molecule has 0 spiro atoms. The largest absolute Gasteiger partial charge is 0.497 e. The van der Waals surface area contributed by atoms with Crippen molar-refractivity contribution in [3.05, 3.63) is 64.8 Å². The number of carbonyl (C=O) groups excluding carboxylic acids is 3. The van der Waals surface area contributed by atoms with E-state index in [1.165, 1.54) is 5.56 Å². The maximum Gasteiger partial charge on any atom is 0.242 e. The Morgan fingerprint density at radius 2 is 1.95 bits per heavy atom. The molecule has 2 heterocycles. The van der Waals surface area contributed by atoms with Gasteiger partial charge in [-0.3, -0.25) is 9.59 Å². The number of ether oxygens (including phenoxy) is 2. The molecule has 39 heavy (non-hydrogen) atoms. The lowest BCUT2D eigenvalue weighted by Crippen LogP contribution is -2.48. The van der Waals surface area contributed by atoms with Gasteiger partial charge in [0, 0.05) is 29.6 Å². The molecule has 0 saturated heterocycles. The first-order chi connectivity index (χ1) is 18.9. The highest BCUT2D eigenvalue weighted by Gasteiger charge is 2.25. The van der Waals surface area contributed by atoms with Crippen LogP contribution in [0.4, 0.5) is 0 Å². The fraction of sp³-hybridized carbons (Fsp3) is 0.452. The second-order valence-corrected chi connectivity index (χ2v) is 10.3. The van der Waals surface area contributed by atoms with E-state index in [1.807, 2.05) is 43.3 Å². The van der Waals surface area contributed by atoms with Crippen LogP contribution in [0.15, 0.2) is 42.5 Å². The zero-order chi connectivity index (χ0) is 27.8. The van der Waals surface area contributed by atoms with Gasteiger partial charge in [-0.2, -0.15) is 0 Å². The summed E-state index contributed by atoms with van der Waals surface area (Å²) in [7, 11) is 1.61. The summed E-state index contributed by atoms with van der Waals surface area (Å²) in [6, 6.07) is 13.2. The molecule has 1 aromatic heterocycles. The number of methoxy groups -OCH3 is 1. The van der Waals surface area contributed by atoms with Gasteiger partial charge in [-0.15, -0.1) is 0 Å². The van der Waals surface area contributed by atoms with Crippen LogP contribution in [-0.2, 0) is 32.0 Å². The summed E-state index contributed by atoms with van der Waals surface area (Å²) >= 11 is 0. The van der Waals surface area contributed by atoms with Crippen molar-refractivity contribution in [1.29, 1.82) is 0 Å². The average Bonchev–Trinajstić information content (AvgIpc) is 3.24. The molecule has 0 fully saturated rings. The minimum absolute atomic E-state index is 0.145. The molecule has 0 aliphatic carbocycles. The molecule has 0 bridgehead atoms. The van der Waals surface area contributed by atoms with Gasteiger partial charge in [0.1, 0.15) is 23.7 Å². The number of Topliss-reactive ketones (excluding diaryl/α,β-unsaturated/α-hetero) is 1. The number of ketones is 1. The van der Waals surface area contributed by atoms with Crippen LogP contribution in [0, 0.1) is 6.92 Å². The minimum atomic E-state index is -0.672. The summed E-state index contributed by atoms with van der Waals surface area (Å²) in [5.74, 6) is 0.442. The van der Waals surface area contributed by atoms with Crippen LogP contribution in [-0.4, -0.2) is 48.9 Å². The molecule has 3 aromatic rings. The molecule has 8 nitrogen and oxygen atoms in total. The molecule has 1 aliphatic rings. The van der Waals surface area contributed by atoms with E-state index in [9.17, 15) is 14.4 Å². The molecular weight excluding hydrogens is 494 g/mol. The maximum absolute atomic E-state index is 13.3. The number of nitrogens with one attached hydrogen (secondary N) is 3. The van der Waals surface area contributed by atoms with E-state index >= 15 is 0 Å². The fourth-order valence-corrected chi connectivity index (χ4v) is 5.25. The molecule has 1 aliphatic heterocycles. The Bertz CT molecular complexity index is 1310. The van der Waals surface area contributed by atoms with E-state index in [0.717, 1.165) is 59.2 Å². The fourth-order valence-electron chi connectivity index (χ4n) is 5.25. The standard InChI is InChI=1S/C31H39N3O5/c1-20(35)9-5-4-6-12-28(31(37)32-19-29-24-11-8-7-10-22(24)15-16-39-29)34-30(36)18-25-21(2)33-27-14-13-23(38-3)17-26(25)27/h7-8,10-11,13-14,17,28-29,33H,4-6,9,12,15-16,18-19H2,1-3H3,(H,32,37)(H,34,36)/t28-,29?/m0/s1. The van der Waals surface area contributed by atoms with Gasteiger partial charge in [-0.1, -0.05) is 37.1 Å². The number of H-pyrrole nitrogens is 1. The van der Waals surface area contributed by atoms with Crippen LogP contribution < -0.4 is 15.4 Å². The molecule has 8 heteroatoms. The Kier molecular flexibility index (Phi) is 9.76. The minimum Gasteiger partial charge on any atom is -0.497 e. The van der Waals surface area contributed by atoms with E-state index in [2.05, 4.69) is 21.7 Å². The van der Waals surface area contributed by atoms with Crippen molar-refractivity contribution < 1.29 is 23.9 Å². The maximum atomic E-state index is 13.3. The first-order valence-corrected chi connectivity index (χ1v) is 13.8. The Labute approximate surface area is 229 Å². The van der Waals surface area contributed by atoms with Gasteiger partial charge in [0.25, 0.3) is 0 Å². The van der Waals surface area contributed by atoms with Gasteiger partial charge in [0.15, 0.2) is 0 Å². The number of unbranched alkanes of at least 4 members (excludes halogenated alkanes) is 2. The summed E-state index contributed by atoms with van der Waals surface area (Å²) in [6.07, 6.45) is 4.15. The number of hydrogen-bond acceptors (Lipinski definition) is 5. The SMILES string of the molecule is COc1ccc2[nH]c(C)c(CC(=O)N[C@@H](CCCCCC(C)=O)C(=O)NCC3OCCc4ccccc43)c2c1. The molecular formula is C31H39N3O5. The number of amides is 2. The molecule has 3 N–H and O–H groups in total. The van der Waals surface area contributed by atoms with Crippen molar-refractivity contribution in [2.75, 3.05) is 20.3 Å². The Morgan fingerprint density at radius 3 is 2.74 bits per heavy atom. The highest BCUT2D eigenvalue weighted by molar-refractivity contribution is 5.93. The molecule has 0 saturated carbocycles. The third-order valence-electron chi connectivity index (χ3n) is 7.39. The normalized spacial score (nSPS) is 15.4. The van der Waals surface area contributed by atoms with Gasteiger partial charge < -0.3 is 29.9 Å². The Morgan fingerprint density at radius 1 is 1.13 bits per heavy atom. The van der Waals surface area contributed by atoms with Gasteiger partial charge in [0.05, 0.1) is 20.1 Å². The summed E-state index contributed by atoms with van der Waals surface area (Å²) in [5.41, 5.74) is 5.06. The second kappa shape index (κ2) is 13.4. The van der Waals surface area contributed by atoms with Crippen LogP contribution in [0.5, 0.6) is 5.75 Å². The quantitative estimate of drug-likeness (QED) is 0.281. The molecule has 2 aromatic carbocycles. The first-order valence-electron chi connectivity index (χ1n) is 13.8. The number of hydrogen-bond donors (Lipinski definition) is 3. The molecule has 4 rings (SSSR count). The van der Waals surface area contributed by atoms with E-state index in [0.29, 0.717) is 26.0 Å². The third-order valence-corrected chi connectivity index (χ3v) is 7.39. The lowest BCUT2D eigenvalue weighted by Gasteiger charge is -2.27.